The largest absolute Gasteiger partial charge is 0.453 e. The average Bonchev–Trinajstić information content (AvgIpc) is 3.07. The number of hydrogen-bond donors (Lipinski definition) is 0. The molecule has 0 bridgehead atoms. The number of pyridine rings is 1. The Bertz CT molecular complexity index is 1340. The molecule has 0 atom stereocenters. The lowest BCUT2D eigenvalue weighted by molar-refractivity contribution is -0.660. The SMILES string of the molecule is Cc1cc2oc3c(F)c(-c4ccccc4)ccc3c2cc1-c1cccc[n+]1C. The number of benzene rings is 3. The summed E-state index contributed by atoms with van der Waals surface area (Å²) >= 11 is 0. The van der Waals surface area contributed by atoms with Gasteiger partial charge >= 0.3 is 0 Å². The van der Waals surface area contributed by atoms with E-state index >= 15 is 4.39 Å². The van der Waals surface area contributed by atoms with Gasteiger partial charge in [0.25, 0.3) is 0 Å². The highest BCUT2D eigenvalue weighted by molar-refractivity contribution is 6.07. The summed E-state index contributed by atoms with van der Waals surface area (Å²) in [6, 6.07) is 23.6. The third kappa shape index (κ3) is 2.51. The Labute approximate surface area is 162 Å². The summed E-state index contributed by atoms with van der Waals surface area (Å²) in [5, 5.41) is 1.73. The molecule has 0 amide bonds. The summed E-state index contributed by atoms with van der Waals surface area (Å²) in [5.41, 5.74) is 5.74. The van der Waals surface area contributed by atoms with Crippen LogP contribution in [-0.2, 0) is 7.05 Å². The van der Waals surface area contributed by atoms with Crippen molar-refractivity contribution in [3.63, 3.8) is 0 Å². The lowest BCUT2D eigenvalue weighted by Crippen LogP contribution is -2.30. The maximum atomic E-state index is 15.3. The summed E-state index contributed by atoms with van der Waals surface area (Å²) in [6.07, 6.45) is 2.03. The van der Waals surface area contributed by atoms with E-state index in [0.29, 0.717) is 16.7 Å². The summed E-state index contributed by atoms with van der Waals surface area (Å²) in [4.78, 5) is 0. The van der Waals surface area contributed by atoms with E-state index in [2.05, 4.69) is 23.6 Å². The second-order valence-electron chi connectivity index (χ2n) is 7.13. The fraction of sp³-hybridized carbons (Fsp3) is 0.0800. The number of aryl methyl sites for hydroxylation is 2. The quantitative estimate of drug-likeness (QED) is 0.339. The Morgan fingerprint density at radius 2 is 1.61 bits per heavy atom. The number of furan rings is 1. The molecule has 0 saturated heterocycles. The molecule has 0 aliphatic carbocycles. The van der Waals surface area contributed by atoms with Gasteiger partial charge in [-0.15, -0.1) is 0 Å². The first-order valence-corrected chi connectivity index (χ1v) is 9.29. The zero-order valence-electron chi connectivity index (χ0n) is 15.7. The first-order chi connectivity index (χ1) is 13.6. The molecule has 0 aliphatic rings. The Morgan fingerprint density at radius 1 is 0.821 bits per heavy atom. The fourth-order valence-corrected chi connectivity index (χ4v) is 3.87. The van der Waals surface area contributed by atoms with E-state index in [0.717, 1.165) is 33.2 Å². The number of rotatable bonds is 2. The number of halogens is 1. The number of hydrogen-bond acceptors (Lipinski definition) is 1. The van der Waals surface area contributed by atoms with Crippen molar-refractivity contribution in [2.45, 2.75) is 6.92 Å². The molecule has 5 aromatic rings. The minimum absolute atomic E-state index is 0.310. The van der Waals surface area contributed by atoms with Crippen molar-refractivity contribution in [2.75, 3.05) is 0 Å². The van der Waals surface area contributed by atoms with Gasteiger partial charge in [-0.1, -0.05) is 36.4 Å². The van der Waals surface area contributed by atoms with Crippen molar-refractivity contribution in [1.29, 1.82) is 0 Å². The van der Waals surface area contributed by atoms with Gasteiger partial charge < -0.3 is 4.42 Å². The minimum Gasteiger partial charge on any atom is -0.453 e. The van der Waals surface area contributed by atoms with Crippen LogP contribution >= 0.6 is 0 Å². The molecule has 3 aromatic carbocycles. The van der Waals surface area contributed by atoms with Gasteiger partial charge in [0.05, 0.1) is 0 Å². The topological polar surface area (TPSA) is 17.0 Å². The van der Waals surface area contributed by atoms with Gasteiger partial charge in [0.15, 0.2) is 17.6 Å². The van der Waals surface area contributed by atoms with Crippen LogP contribution < -0.4 is 4.57 Å². The van der Waals surface area contributed by atoms with Gasteiger partial charge in [-0.05, 0) is 42.3 Å². The molecule has 2 heterocycles. The average molecular weight is 368 g/mol. The third-order valence-corrected chi connectivity index (χ3v) is 5.34. The van der Waals surface area contributed by atoms with Crippen LogP contribution in [0.25, 0.3) is 44.3 Å². The Hall–Kier alpha value is -3.46. The lowest BCUT2D eigenvalue weighted by Gasteiger charge is -2.04. The Kier molecular flexibility index (Phi) is 3.76. The monoisotopic (exact) mass is 368 g/mol. The smallest absolute Gasteiger partial charge is 0.212 e. The van der Waals surface area contributed by atoms with Gasteiger partial charge in [0.1, 0.15) is 12.6 Å². The Balaban J connectivity index is 1.78. The predicted molar refractivity (Wildman–Crippen MR) is 110 cm³/mol. The molecule has 0 unspecified atom stereocenters. The van der Waals surface area contributed by atoms with Gasteiger partial charge in [0.2, 0.25) is 5.69 Å². The first kappa shape index (κ1) is 16.7. The minimum atomic E-state index is -0.315. The molecule has 136 valence electrons. The molecule has 0 N–H and O–H groups in total. The molecular formula is C25H19FNO+. The van der Waals surface area contributed by atoms with E-state index in [-0.39, 0.29) is 5.82 Å². The van der Waals surface area contributed by atoms with Crippen LogP contribution in [0.3, 0.4) is 0 Å². The van der Waals surface area contributed by atoms with Crippen LogP contribution in [0, 0.1) is 12.7 Å². The highest BCUT2D eigenvalue weighted by Crippen LogP contribution is 2.37. The highest BCUT2D eigenvalue weighted by Gasteiger charge is 2.19. The van der Waals surface area contributed by atoms with E-state index in [1.807, 2.05) is 73.9 Å². The van der Waals surface area contributed by atoms with E-state index in [1.54, 1.807) is 0 Å². The van der Waals surface area contributed by atoms with Crippen LogP contribution in [0.15, 0.2) is 83.4 Å². The molecule has 2 aromatic heterocycles. The van der Waals surface area contributed by atoms with Crippen LogP contribution in [-0.4, -0.2) is 0 Å². The molecule has 2 nitrogen and oxygen atoms in total. The summed E-state index contributed by atoms with van der Waals surface area (Å²) < 4.78 is 23.3. The summed E-state index contributed by atoms with van der Waals surface area (Å²) in [5.74, 6) is -0.315. The molecule has 0 radical (unpaired) electrons. The molecule has 0 fully saturated rings. The molecule has 0 spiro atoms. The van der Waals surface area contributed by atoms with Crippen molar-refractivity contribution >= 4 is 21.9 Å². The van der Waals surface area contributed by atoms with Crippen LogP contribution in [0.5, 0.6) is 0 Å². The Morgan fingerprint density at radius 3 is 2.39 bits per heavy atom. The maximum absolute atomic E-state index is 15.3. The molecule has 5 rings (SSSR count). The predicted octanol–water partition coefficient (Wildman–Crippen LogP) is 6.19. The van der Waals surface area contributed by atoms with Crippen LogP contribution in [0.2, 0.25) is 0 Å². The van der Waals surface area contributed by atoms with E-state index < -0.39 is 0 Å². The number of nitrogens with zero attached hydrogens (tertiary/aromatic N) is 1. The van der Waals surface area contributed by atoms with Gasteiger partial charge in [-0.2, -0.15) is 0 Å². The van der Waals surface area contributed by atoms with Gasteiger partial charge in [-0.3, -0.25) is 0 Å². The van der Waals surface area contributed by atoms with Crippen LogP contribution in [0.1, 0.15) is 5.56 Å². The van der Waals surface area contributed by atoms with E-state index in [9.17, 15) is 0 Å². The van der Waals surface area contributed by atoms with E-state index in [4.69, 9.17) is 4.42 Å². The van der Waals surface area contributed by atoms with Crippen molar-refractivity contribution < 1.29 is 13.4 Å². The van der Waals surface area contributed by atoms with Gasteiger partial charge in [-0.25, -0.2) is 8.96 Å². The summed E-state index contributed by atoms with van der Waals surface area (Å²) in [7, 11) is 2.03. The fourth-order valence-electron chi connectivity index (χ4n) is 3.87. The molecule has 28 heavy (non-hydrogen) atoms. The van der Waals surface area contributed by atoms with Crippen LogP contribution in [0.4, 0.5) is 4.39 Å². The molecular weight excluding hydrogens is 349 g/mol. The van der Waals surface area contributed by atoms with Crippen molar-refractivity contribution in [1.82, 2.24) is 0 Å². The molecule has 3 heteroatoms. The van der Waals surface area contributed by atoms with Crippen molar-refractivity contribution in [2.24, 2.45) is 7.05 Å². The zero-order chi connectivity index (χ0) is 19.3. The standard InChI is InChI=1S/C25H19FNO/c1-16-14-23-21(15-20(16)22-10-6-7-13-27(22)2)19-12-11-18(24(26)25(19)28-23)17-8-4-3-5-9-17/h3-15H,1-2H3/q+1. The highest BCUT2D eigenvalue weighted by atomic mass is 19.1. The maximum Gasteiger partial charge on any atom is 0.212 e. The second-order valence-corrected chi connectivity index (χ2v) is 7.13. The van der Waals surface area contributed by atoms with E-state index in [1.165, 1.54) is 0 Å². The van der Waals surface area contributed by atoms with Gasteiger partial charge in [0, 0.05) is 34.0 Å². The first-order valence-electron chi connectivity index (χ1n) is 9.29. The van der Waals surface area contributed by atoms with Crippen molar-refractivity contribution in [3.8, 4) is 22.4 Å². The zero-order valence-corrected chi connectivity index (χ0v) is 15.7. The third-order valence-electron chi connectivity index (χ3n) is 5.34. The lowest BCUT2D eigenvalue weighted by atomic mass is 9.99. The molecule has 0 aliphatic heterocycles. The second kappa shape index (κ2) is 6.31. The van der Waals surface area contributed by atoms with Crippen molar-refractivity contribution in [3.05, 3.63) is 90.4 Å². The normalized spacial score (nSPS) is 11.4. The number of aromatic nitrogens is 1. The number of fused-ring (bicyclic) bond motifs is 3. The molecule has 0 saturated carbocycles. The summed E-state index contributed by atoms with van der Waals surface area (Å²) in [6.45, 7) is 2.06.